The number of aryl methyl sites for hydroxylation is 2. The standard InChI is InChI=1S/C19H29NO3/c1-14-9-15(2)16(3)18(10-14)23-13-19(21)11-20(7-8-22-12-19)17-5-4-6-17/h9-10,17,21H,4-8,11-13H2,1-3H3/t19-/m0/s1. The van der Waals surface area contributed by atoms with Gasteiger partial charge in [0, 0.05) is 19.1 Å². The Bertz CT molecular complexity index is 556. The number of aliphatic hydroxyl groups is 1. The summed E-state index contributed by atoms with van der Waals surface area (Å²) in [5, 5.41) is 11.0. The zero-order chi connectivity index (χ0) is 16.4. The van der Waals surface area contributed by atoms with Crippen molar-refractivity contribution in [1.82, 2.24) is 4.90 Å². The normalized spacial score (nSPS) is 26.6. The van der Waals surface area contributed by atoms with Gasteiger partial charge in [0.05, 0.1) is 13.2 Å². The summed E-state index contributed by atoms with van der Waals surface area (Å²) in [5.74, 6) is 0.871. The number of nitrogens with zero attached hydrogens (tertiary/aromatic N) is 1. The van der Waals surface area contributed by atoms with Crippen molar-refractivity contribution in [2.75, 3.05) is 32.9 Å². The van der Waals surface area contributed by atoms with E-state index in [0.29, 0.717) is 25.8 Å². The Labute approximate surface area is 139 Å². The van der Waals surface area contributed by atoms with E-state index in [1.807, 2.05) is 6.07 Å². The van der Waals surface area contributed by atoms with Gasteiger partial charge in [-0.05, 0) is 56.4 Å². The van der Waals surface area contributed by atoms with Gasteiger partial charge in [0.2, 0.25) is 0 Å². The summed E-state index contributed by atoms with van der Waals surface area (Å²) < 4.78 is 11.7. The van der Waals surface area contributed by atoms with Crippen LogP contribution in [0.1, 0.15) is 36.0 Å². The zero-order valence-corrected chi connectivity index (χ0v) is 14.6. The molecule has 0 spiro atoms. The molecule has 1 aliphatic carbocycles. The summed E-state index contributed by atoms with van der Waals surface area (Å²) in [4.78, 5) is 2.38. The predicted octanol–water partition coefficient (Wildman–Crippen LogP) is 2.61. The van der Waals surface area contributed by atoms with Gasteiger partial charge in [-0.25, -0.2) is 0 Å². The third-order valence-corrected chi connectivity index (χ3v) is 5.24. The summed E-state index contributed by atoms with van der Waals surface area (Å²) in [5.41, 5.74) is 2.61. The molecule has 3 rings (SSSR count). The topological polar surface area (TPSA) is 41.9 Å². The second-order valence-corrected chi connectivity index (χ2v) is 7.33. The molecule has 1 aromatic rings. The maximum atomic E-state index is 11.0. The minimum Gasteiger partial charge on any atom is -0.490 e. The second kappa shape index (κ2) is 6.80. The average Bonchev–Trinajstić information content (AvgIpc) is 2.62. The lowest BCUT2D eigenvalue weighted by atomic mass is 9.90. The van der Waals surface area contributed by atoms with Gasteiger partial charge in [-0.2, -0.15) is 0 Å². The molecule has 0 unspecified atom stereocenters. The van der Waals surface area contributed by atoms with Crippen molar-refractivity contribution in [3.63, 3.8) is 0 Å². The van der Waals surface area contributed by atoms with E-state index in [2.05, 4.69) is 31.7 Å². The number of rotatable bonds is 4. The van der Waals surface area contributed by atoms with E-state index in [4.69, 9.17) is 9.47 Å². The molecule has 1 heterocycles. The van der Waals surface area contributed by atoms with Crippen LogP contribution in [0.4, 0.5) is 0 Å². The van der Waals surface area contributed by atoms with Crippen molar-refractivity contribution < 1.29 is 14.6 Å². The van der Waals surface area contributed by atoms with Crippen molar-refractivity contribution in [3.8, 4) is 5.75 Å². The maximum absolute atomic E-state index is 11.0. The van der Waals surface area contributed by atoms with Gasteiger partial charge >= 0.3 is 0 Å². The van der Waals surface area contributed by atoms with Crippen LogP contribution < -0.4 is 4.74 Å². The van der Waals surface area contributed by atoms with Gasteiger partial charge in [0.1, 0.15) is 18.0 Å². The van der Waals surface area contributed by atoms with Crippen molar-refractivity contribution in [1.29, 1.82) is 0 Å². The third-order valence-electron chi connectivity index (χ3n) is 5.24. The van der Waals surface area contributed by atoms with Crippen LogP contribution in [-0.2, 0) is 4.74 Å². The van der Waals surface area contributed by atoms with Crippen molar-refractivity contribution in [2.24, 2.45) is 0 Å². The number of benzene rings is 1. The van der Waals surface area contributed by atoms with Crippen LogP contribution in [-0.4, -0.2) is 54.6 Å². The molecule has 4 nitrogen and oxygen atoms in total. The molecule has 2 aliphatic rings. The van der Waals surface area contributed by atoms with Gasteiger partial charge in [-0.1, -0.05) is 12.5 Å². The van der Waals surface area contributed by atoms with Crippen LogP contribution >= 0.6 is 0 Å². The lowest BCUT2D eigenvalue weighted by Crippen LogP contribution is -2.52. The fraction of sp³-hybridized carbons (Fsp3) is 0.684. The Morgan fingerprint density at radius 2 is 2.09 bits per heavy atom. The lowest BCUT2D eigenvalue weighted by Gasteiger charge is -2.39. The molecule has 1 aliphatic heterocycles. The lowest BCUT2D eigenvalue weighted by molar-refractivity contribution is -0.0699. The maximum Gasteiger partial charge on any atom is 0.134 e. The minimum absolute atomic E-state index is 0.278. The molecule has 0 radical (unpaired) electrons. The second-order valence-electron chi connectivity index (χ2n) is 7.33. The predicted molar refractivity (Wildman–Crippen MR) is 91.1 cm³/mol. The number of hydrogen-bond acceptors (Lipinski definition) is 4. The van der Waals surface area contributed by atoms with Crippen LogP contribution in [0.3, 0.4) is 0 Å². The molecule has 2 fully saturated rings. The first-order valence-corrected chi connectivity index (χ1v) is 8.72. The number of β-amino-alcohol motifs (C(OH)–C–C–N with tert-alkyl or cyclic N) is 1. The van der Waals surface area contributed by atoms with Gasteiger partial charge in [0.25, 0.3) is 0 Å². The van der Waals surface area contributed by atoms with Crippen LogP contribution in [0, 0.1) is 20.8 Å². The highest BCUT2D eigenvalue weighted by molar-refractivity contribution is 5.42. The fourth-order valence-corrected chi connectivity index (χ4v) is 3.46. The highest BCUT2D eigenvalue weighted by atomic mass is 16.5. The largest absolute Gasteiger partial charge is 0.490 e. The first kappa shape index (κ1) is 16.7. The summed E-state index contributed by atoms with van der Waals surface area (Å²) in [7, 11) is 0. The van der Waals surface area contributed by atoms with Crippen LogP contribution in [0.2, 0.25) is 0 Å². The van der Waals surface area contributed by atoms with Crippen LogP contribution in [0.5, 0.6) is 5.75 Å². The van der Waals surface area contributed by atoms with Crippen molar-refractivity contribution >= 4 is 0 Å². The molecular formula is C19H29NO3. The molecule has 0 aromatic heterocycles. The summed E-state index contributed by atoms with van der Waals surface area (Å²) in [6, 6.07) is 4.82. The zero-order valence-electron chi connectivity index (χ0n) is 14.6. The molecule has 0 bridgehead atoms. The van der Waals surface area contributed by atoms with Crippen molar-refractivity contribution in [2.45, 2.75) is 51.7 Å². The fourth-order valence-electron chi connectivity index (χ4n) is 3.46. The Morgan fingerprint density at radius 1 is 1.30 bits per heavy atom. The minimum atomic E-state index is -0.934. The van der Waals surface area contributed by atoms with E-state index in [1.165, 1.54) is 30.4 Å². The Balaban J connectivity index is 1.67. The molecule has 23 heavy (non-hydrogen) atoms. The Morgan fingerprint density at radius 3 is 2.78 bits per heavy atom. The van der Waals surface area contributed by atoms with E-state index < -0.39 is 5.60 Å². The summed E-state index contributed by atoms with van der Waals surface area (Å²) in [6.07, 6.45) is 3.79. The van der Waals surface area contributed by atoms with Crippen molar-refractivity contribution in [3.05, 3.63) is 28.8 Å². The quantitative estimate of drug-likeness (QED) is 0.926. The smallest absolute Gasteiger partial charge is 0.134 e. The van der Waals surface area contributed by atoms with E-state index in [-0.39, 0.29) is 6.61 Å². The molecule has 1 N–H and O–H groups in total. The van der Waals surface area contributed by atoms with Gasteiger partial charge in [-0.15, -0.1) is 0 Å². The molecule has 1 saturated carbocycles. The molecule has 1 aromatic carbocycles. The van der Waals surface area contributed by atoms with Crippen LogP contribution in [0.25, 0.3) is 0 Å². The van der Waals surface area contributed by atoms with Gasteiger partial charge in [0.15, 0.2) is 0 Å². The van der Waals surface area contributed by atoms with Gasteiger partial charge in [-0.3, -0.25) is 4.90 Å². The van der Waals surface area contributed by atoms with Gasteiger partial charge < -0.3 is 14.6 Å². The number of hydrogen-bond donors (Lipinski definition) is 1. The monoisotopic (exact) mass is 319 g/mol. The highest BCUT2D eigenvalue weighted by Crippen LogP contribution is 2.28. The Kier molecular flexibility index (Phi) is 4.95. The summed E-state index contributed by atoms with van der Waals surface area (Å²) >= 11 is 0. The van der Waals surface area contributed by atoms with E-state index in [0.717, 1.165) is 17.9 Å². The highest BCUT2D eigenvalue weighted by Gasteiger charge is 2.37. The molecule has 4 heteroatoms. The average molecular weight is 319 g/mol. The molecule has 128 valence electrons. The summed E-state index contributed by atoms with van der Waals surface area (Å²) in [6.45, 7) is 9.11. The Hall–Kier alpha value is -1.10. The SMILES string of the molecule is Cc1cc(C)c(C)c(OC[C@@]2(O)COCCN(C3CCC3)C2)c1. The first-order valence-electron chi connectivity index (χ1n) is 8.72. The molecule has 0 amide bonds. The van der Waals surface area contributed by atoms with E-state index >= 15 is 0 Å². The van der Waals surface area contributed by atoms with Crippen LogP contribution in [0.15, 0.2) is 12.1 Å². The molecular weight excluding hydrogens is 290 g/mol. The van der Waals surface area contributed by atoms with E-state index in [9.17, 15) is 5.11 Å². The van der Waals surface area contributed by atoms with E-state index in [1.54, 1.807) is 0 Å². The molecule has 1 saturated heterocycles. The first-order chi connectivity index (χ1) is 11.0. The third kappa shape index (κ3) is 3.87. The molecule has 1 atom stereocenters. The number of ether oxygens (including phenoxy) is 2.